The van der Waals surface area contributed by atoms with Crippen LogP contribution >= 0.6 is 34.0 Å². The van der Waals surface area contributed by atoms with Crippen molar-refractivity contribution in [2.45, 2.75) is 12.3 Å². The summed E-state index contributed by atoms with van der Waals surface area (Å²) in [6, 6.07) is 55.2. The van der Waals surface area contributed by atoms with E-state index < -0.39 is 0 Å². The number of amidine groups is 1. The Kier molecular flexibility index (Phi) is 6.67. The molecule has 0 aliphatic carbocycles. The predicted octanol–water partition coefficient (Wildman–Crippen LogP) is 12.8. The zero-order valence-corrected chi connectivity index (χ0v) is 29.7. The van der Waals surface area contributed by atoms with Crippen molar-refractivity contribution in [2.24, 2.45) is 4.99 Å². The number of hydrogen-bond donors (Lipinski definition) is 2. The summed E-state index contributed by atoms with van der Waals surface area (Å²) in [7, 11) is 0. The molecule has 2 atom stereocenters. The molecule has 0 bridgehead atoms. The van der Waals surface area contributed by atoms with Crippen molar-refractivity contribution in [1.29, 1.82) is 0 Å². The average Bonchev–Trinajstić information content (AvgIpc) is 3.88. The molecule has 2 unspecified atom stereocenters. The SMILES string of the molecule is c1ccc(C2=NC(c3ccc4c(c3)sc3cc(-c5cccc6c5sc5ccccc56)ccc34)NC(c3cccc4sc5ccccc5c34)N2)cc1. The Balaban J connectivity index is 1.01. The van der Waals surface area contributed by atoms with Crippen LogP contribution in [0.25, 0.3) is 71.6 Å². The van der Waals surface area contributed by atoms with Crippen molar-refractivity contribution < 1.29 is 0 Å². The van der Waals surface area contributed by atoms with Gasteiger partial charge in [0.2, 0.25) is 0 Å². The molecule has 0 saturated heterocycles. The summed E-state index contributed by atoms with van der Waals surface area (Å²) in [5.74, 6) is 0.900. The lowest BCUT2D eigenvalue weighted by atomic mass is 10.0. The molecule has 0 saturated carbocycles. The number of benzene rings is 7. The first-order chi connectivity index (χ1) is 25.2. The van der Waals surface area contributed by atoms with Gasteiger partial charge in [-0.05, 0) is 52.6 Å². The van der Waals surface area contributed by atoms with Gasteiger partial charge in [-0.3, -0.25) is 5.32 Å². The van der Waals surface area contributed by atoms with E-state index in [9.17, 15) is 0 Å². The first-order valence-electron chi connectivity index (χ1n) is 17.2. The van der Waals surface area contributed by atoms with Gasteiger partial charge in [-0.2, -0.15) is 0 Å². The Morgan fingerprint density at radius 2 is 1.14 bits per heavy atom. The fourth-order valence-electron chi connectivity index (χ4n) is 7.78. The lowest BCUT2D eigenvalue weighted by molar-refractivity contribution is 0.411. The number of thiophene rings is 3. The van der Waals surface area contributed by atoms with Gasteiger partial charge in [0.15, 0.2) is 0 Å². The van der Waals surface area contributed by atoms with E-state index in [1.807, 2.05) is 34.0 Å². The van der Waals surface area contributed by atoms with Gasteiger partial charge in [0.1, 0.15) is 18.2 Å². The molecule has 51 heavy (non-hydrogen) atoms. The predicted molar refractivity (Wildman–Crippen MR) is 222 cm³/mol. The molecule has 10 aromatic rings. The topological polar surface area (TPSA) is 36.4 Å². The summed E-state index contributed by atoms with van der Waals surface area (Å²) in [4.78, 5) is 5.29. The van der Waals surface area contributed by atoms with Gasteiger partial charge in [0, 0.05) is 66.1 Å². The molecule has 7 aromatic carbocycles. The fraction of sp³-hybridized carbons (Fsp3) is 0.0444. The van der Waals surface area contributed by atoms with Crippen LogP contribution in [0.3, 0.4) is 0 Å². The van der Waals surface area contributed by atoms with Gasteiger partial charge in [0.05, 0.1) is 0 Å². The lowest BCUT2D eigenvalue weighted by Gasteiger charge is -2.32. The van der Waals surface area contributed by atoms with E-state index in [1.165, 1.54) is 77.2 Å². The van der Waals surface area contributed by atoms with Crippen LogP contribution in [0.4, 0.5) is 0 Å². The number of nitrogens with one attached hydrogen (secondary N) is 2. The van der Waals surface area contributed by atoms with Crippen molar-refractivity contribution in [2.75, 3.05) is 0 Å². The van der Waals surface area contributed by atoms with Gasteiger partial charge in [-0.15, -0.1) is 34.0 Å². The highest BCUT2D eigenvalue weighted by molar-refractivity contribution is 7.27. The van der Waals surface area contributed by atoms with Gasteiger partial charge in [0.25, 0.3) is 0 Å². The van der Waals surface area contributed by atoms with Gasteiger partial charge in [-0.1, -0.05) is 121 Å². The molecule has 11 rings (SSSR count). The molecular formula is C45H29N3S3. The molecule has 3 aromatic heterocycles. The van der Waals surface area contributed by atoms with Crippen LogP contribution in [0.2, 0.25) is 0 Å². The zero-order chi connectivity index (χ0) is 33.5. The second-order valence-electron chi connectivity index (χ2n) is 13.2. The molecule has 4 heterocycles. The molecule has 1 aliphatic heterocycles. The number of aliphatic imine (C=N–C) groups is 1. The molecule has 0 spiro atoms. The number of hydrogen-bond acceptors (Lipinski definition) is 6. The monoisotopic (exact) mass is 707 g/mol. The Bertz CT molecular complexity index is 3000. The Morgan fingerprint density at radius 1 is 0.471 bits per heavy atom. The van der Waals surface area contributed by atoms with Crippen LogP contribution in [-0.2, 0) is 0 Å². The van der Waals surface area contributed by atoms with Crippen molar-refractivity contribution in [3.8, 4) is 11.1 Å². The Morgan fingerprint density at radius 3 is 2.02 bits per heavy atom. The van der Waals surface area contributed by atoms with Crippen LogP contribution in [0.5, 0.6) is 0 Å². The lowest BCUT2D eigenvalue weighted by Crippen LogP contribution is -2.45. The maximum atomic E-state index is 5.29. The van der Waals surface area contributed by atoms with Gasteiger partial charge in [-0.25, -0.2) is 4.99 Å². The highest BCUT2D eigenvalue weighted by atomic mass is 32.1. The highest BCUT2D eigenvalue weighted by Crippen LogP contribution is 2.43. The highest BCUT2D eigenvalue weighted by Gasteiger charge is 2.28. The standard InChI is InChI=1S/C45H29N3S3/c1-2-10-26(11-3-1)43-46-44(48-45(47-43)35-16-9-19-38-41(35)34-13-5-7-18-37(34)49-38)28-21-23-32-31-22-20-27(24-39(31)50-40(32)25-28)29-14-8-15-33-30-12-4-6-17-36(30)51-42(29)33/h1-25,44-45,48H,(H,46,47). The minimum absolute atomic E-state index is 0.123. The number of rotatable bonds is 4. The van der Waals surface area contributed by atoms with Crippen molar-refractivity contribution in [1.82, 2.24) is 10.6 Å². The molecule has 0 amide bonds. The third kappa shape index (κ3) is 4.75. The summed E-state index contributed by atoms with van der Waals surface area (Å²) in [6.07, 6.45) is -0.343. The van der Waals surface area contributed by atoms with E-state index >= 15 is 0 Å². The van der Waals surface area contributed by atoms with Crippen LogP contribution < -0.4 is 10.6 Å². The largest absolute Gasteiger partial charge is 0.350 e. The van der Waals surface area contributed by atoms with Gasteiger partial charge >= 0.3 is 0 Å². The minimum Gasteiger partial charge on any atom is -0.350 e. The van der Waals surface area contributed by atoms with Gasteiger partial charge < -0.3 is 5.32 Å². The quantitative estimate of drug-likeness (QED) is 0.191. The first-order valence-corrected chi connectivity index (χ1v) is 19.6. The molecular weight excluding hydrogens is 679 g/mol. The summed E-state index contributed by atoms with van der Waals surface area (Å²) in [5, 5.41) is 15.5. The third-order valence-electron chi connectivity index (χ3n) is 10.2. The van der Waals surface area contributed by atoms with E-state index in [4.69, 9.17) is 4.99 Å². The summed E-state index contributed by atoms with van der Waals surface area (Å²) >= 11 is 5.61. The molecule has 0 fully saturated rings. The molecule has 2 N–H and O–H groups in total. The van der Waals surface area contributed by atoms with E-state index in [2.05, 4.69) is 162 Å². The molecule has 0 radical (unpaired) electrons. The number of fused-ring (bicyclic) bond motifs is 9. The molecule has 3 nitrogen and oxygen atoms in total. The average molecular weight is 708 g/mol. The summed E-state index contributed by atoms with van der Waals surface area (Å²) < 4.78 is 7.88. The van der Waals surface area contributed by atoms with Crippen molar-refractivity contribution in [3.05, 3.63) is 168 Å². The minimum atomic E-state index is -0.220. The first kappa shape index (κ1) is 29.4. The smallest absolute Gasteiger partial charge is 0.131 e. The Hall–Kier alpha value is -5.37. The van der Waals surface area contributed by atoms with E-state index in [-0.39, 0.29) is 12.3 Å². The van der Waals surface area contributed by atoms with Crippen LogP contribution in [0, 0.1) is 0 Å². The maximum absolute atomic E-state index is 5.29. The van der Waals surface area contributed by atoms with E-state index in [0.29, 0.717) is 0 Å². The van der Waals surface area contributed by atoms with E-state index in [0.717, 1.165) is 17.0 Å². The summed E-state index contributed by atoms with van der Waals surface area (Å²) in [5.41, 5.74) is 6.05. The third-order valence-corrected chi connectivity index (χ3v) is 13.7. The molecule has 1 aliphatic rings. The number of nitrogens with zero attached hydrogens (tertiary/aromatic N) is 1. The van der Waals surface area contributed by atoms with Crippen molar-refractivity contribution in [3.63, 3.8) is 0 Å². The maximum Gasteiger partial charge on any atom is 0.131 e. The second-order valence-corrected chi connectivity index (χ2v) is 16.4. The second kappa shape index (κ2) is 11.6. The fourth-order valence-corrected chi connectivity index (χ4v) is 11.4. The van der Waals surface area contributed by atoms with Crippen LogP contribution in [0.1, 0.15) is 29.0 Å². The normalized spacial score (nSPS) is 16.4. The molecule has 6 heteroatoms. The molecule has 242 valence electrons. The zero-order valence-electron chi connectivity index (χ0n) is 27.3. The van der Waals surface area contributed by atoms with Crippen LogP contribution in [-0.4, -0.2) is 5.84 Å². The summed E-state index contributed by atoms with van der Waals surface area (Å²) in [6.45, 7) is 0. The Labute approximate surface area is 306 Å². The van der Waals surface area contributed by atoms with Crippen molar-refractivity contribution >= 4 is 100 Å². The van der Waals surface area contributed by atoms with E-state index in [1.54, 1.807) is 0 Å². The van der Waals surface area contributed by atoms with Crippen LogP contribution in [0.15, 0.2) is 157 Å².